The first-order valence-corrected chi connectivity index (χ1v) is 8.27. The number of ether oxygens (including phenoxy) is 1. The van der Waals surface area contributed by atoms with Crippen LogP contribution in [0.4, 0.5) is 4.79 Å². The fourth-order valence-corrected chi connectivity index (χ4v) is 3.98. The summed E-state index contributed by atoms with van der Waals surface area (Å²) in [6.45, 7) is 5.76. The highest BCUT2D eigenvalue weighted by molar-refractivity contribution is 5.69. The van der Waals surface area contributed by atoms with Gasteiger partial charge in [0.1, 0.15) is 5.60 Å². The second kappa shape index (κ2) is 5.43. The lowest BCUT2D eigenvalue weighted by Gasteiger charge is -2.42. The molecule has 2 bridgehead atoms. The van der Waals surface area contributed by atoms with Crippen LogP contribution in [0.5, 0.6) is 0 Å². The van der Waals surface area contributed by atoms with Gasteiger partial charge in [-0.05, 0) is 59.3 Å². The minimum atomic E-state index is -0.423. The molecule has 3 aliphatic rings. The highest BCUT2D eigenvalue weighted by Gasteiger charge is 2.45. The Bertz CT molecular complexity index is 387. The molecule has 3 fully saturated rings. The first-order valence-electron chi connectivity index (χ1n) is 8.27. The summed E-state index contributed by atoms with van der Waals surface area (Å²) in [5.41, 5.74) is -0.423. The Morgan fingerprint density at radius 1 is 1.10 bits per heavy atom. The summed E-state index contributed by atoms with van der Waals surface area (Å²) in [5, 5.41) is 13.0. The lowest BCUT2D eigenvalue weighted by Crippen LogP contribution is -2.56. The van der Waals surface area contributed by atoms with Crippen LogP contribution in [0.3, 0.4) is 0 Å². The lowest BCUT2D eigenvalue weighted by atomic mass is 9.87. The molecule has 0 radical (unpaired) electrons. The van der Waals surface area contributed by atoms with Gasteiger partial charge in [-0.1, -0.05) is 0 Å². The molecule has 2 atom stereocenters. The van der Waals surface area contributed by atoms with E-state index in [1.165, 1.54) is 0 Å². The maximum Gasteiger partial charge on any atom is 0.410 e. The van der Waals surface area contributed by atoms with Crippen LogP contribution in [0.2, 0.25) is 0 Å². The van der Waals surface area contributed by atoms with Crippen LogP contribution < -0.4 is 5.32 Å². The van der Waals surface area contributed by atoms with Crippen molar-refractivity contribution >= 4 is 6.09 Å². The molecule has 2 heterocycles. The van der Waals surface area contributed by atoms with Crippen molar-refractivity contribution in [1.29, 1.82) is 0 Å². The largest absolute Gasteiger partial charge is 0.444 e. The number of rotatable bonds is 2. The van der Waals surface area contributed by atoms with Crippen LogP contribution in [0.15, 0.2) is 0 Å². The fourth-order valence-electron chi connectivity index (χ4n) is 3.98. The summed E-state index contributed by atoms with van der Waals surface area (Å²) in [6, 6.07) is 1.60. The first-order chi connectivity index (χ1) is 9.82. The second-order valence-electron chi connectivity index (χ2n) is 7.93. The maximum absolute atomic E-state index is 12.4. The van der Waals surface area contributed by atoms with Gasteiger partial charge >= 0.3 is 6.09 Å². The van der Waals surface area contributed by atoms with E-state index in [4.69, 9.17) is 4.74 Å². The Morgan fingerprint density at radius 2 is 1.62 bits per heavy atom. The number of aliphatic hydroxyl groups excluding tert-OH is 1. The number of fused-ring (bicyclic) bond motifs is 2. The van der Waals surface area contributed by atoms with Crippen LogP contribution in [-0.2, 0) is 4.74 Å². The first kappa shape index (κ1) is 15.1. The molecular weight excluding hydrogens is 268 g/mol. The number of carbonyl (C=O) groups is 1. The van der Waals surface area contributed by atoms with Crippen molar-refractivity contribution in [3.8, 4) is 0 Å². The second-order valence-corrected chi connectivity index (χ2v) is 7.93. The van der Waals surface area contributed by atoms with Crippen molar-refractivity contribution < 1.29 is 14.6 Å². The highest BCUT2D eigenvalue weighted by Crippen LogP contribution is 2.37. The molecule has 120 valence electrons. The smallest absolute Gasteiger partial charge is 0.410 e. The van der Waals surface area contributed by atoms with Crippen LogP contribution in [0.1, 0.15) is 59.3 Å². The molecule has 2 unspecified atom stereocenters. The zero-order valence-electron chi connectivity index (χ0n) is 13.3. The molecule has 1 saturated carbocycles. The van der Waals surface area contributed by atoms with E-state index in [-0.39, 0.29) is 12.2 Å². The third-order valence-electron chi connectivity index (χ3n) is 4.92. The summed E-state index contributed by atoms with van der Waals surface area (Å²) in [7, 11) is 0. The SMILES string of the molecule is CC(C)(C)OC(=O)N1C2CCC1CC(NC1CC(O)C1)C2. The lowest BCUT2D eigenvalue weighted by molar-refractivity contribution is 0.00136. The Morgan fingerprint density at radius 3 is 2.10 bits per heavy atom. The van der Waals surface area contributed by atoms with Crippen molar-refractivity contribution in [1.82, 2.24) is 10.2 Å². The van der Waals surface area contributed by atoms with Gasteiger partial charge in [0.05, 0.1) is 6.10 Å². The van der Waals surface area contributed by atoms with Gasteiger partial charge in [0.2, 0.25) is 0 Å². The number of hydrogen-bond acceptors (Lipinski definition) is 4. The highest BCUT2D eigenvalue weighted by atomic mass is 16.6. The number of nitrogens with zero attached hydrogens (tertiary/aromatic N) is 1. The van der Waals surface area contributed by atoms with E-state index < -0.39 is 5.60 Å². The molecular formula is C16H28N2O3. The Balaban J connectivity index is 1.55. The van der Waals surface area contributed by atoms with Gasteiger partial charge in [0.25, 0.3) is 0 Å². The molecule has 0 aromatic carbocycles. The van der Waals surface area contributed by atoms with Gasteiger partial charge in [-0.25, -0.2) is 4.79 Å². The number of piperidine rings is 1. The molecule has 0 spiro atoms. The normalized spacial score (nSPS) is 39.0. The molecule has 1 amide bonds. The molecule has 3 rings (SSSR count). The quantitative estimate of drug-likeness (QED) is 0.818. The average Bonchev–Trinajstić information content (AvgIpc) is 2.57. The van der Waals surface area contributed by atoms with E-state index in [1.54, 1.807) is 0 Å². The Hall–Kier alpha value is -0.810. The molecule has 1 aliphatic carbocycles. The zero-order chi connectivity index (χ0) is 15.2. The predicted molar refractivity (Wildman–Crippen MR) is 80.1 cm³/mol. The third-order valence-corrected chi connectivity index (χ3v) is 4.92. The number of carbonyl (C=O) groups excluding carboxylic acids is 1. The summed E-state index contributed by atoms with van der Waals surface area (Å²) < 4.78 is 5.55. The van der Waals surface area contributed by atoms with Crippen molar-refractivity contribution in [3.05, 3.63) is 0 Å². The van der Waals surface area contributed by atoms with E-state index >= 15 is 0 Å². The van der Waals surface area contributed by atoms with Crippen molar-refractivity contribution in [2.75, 3.05) is 0 Å². The number of hydrogen-bond donors (Lipinski definition) is 2. The van der Waals surface area contributed by atoms with E-state index in [0.717, 1.165) is 38.5 Å². The van der Waals surface area contributed by atoms with Crippen molar-refractivity contribution in [3.63, 3.8) is 0 Å². The molecule has 2 aliphatic heterocycles. The standard InChI is InChI=1S/C16H28N2O3/c1-16(2,3)21-15(20)18-12-4-5-13(18)7-10(6-12)17-11-8-14(19)9-11/h10-14,17,19H,4-9H2,1-3H3. The summed E-state index contributed by atoms with van der Waals surface area (Å²) >= 11 is 0. The average molecular weight is 296 g/mol. The minimum Gasteiger partial charge on any atom is -0.444 e. The topological polar surface area (TPSA) is 61.8 Å². The molecule has 0 aromatic rings. The van der Waals surface area contributed by atoms with E-state index in [1.807, 2.05) is 25.7 Å². The zero-order valence-corrected chi connectivity index (χ0v) is 13.3. The van der Waals surface area contributed by atoms with Gasteiger partial charge in [-0.3, -0.25) is 0 Å². The molecule has 2 saturated heterocycles. The third kappa shape index (κ3) is 3.34. The van der Waals surface area contributed by atoms with Gasteiger partial charge in [0.15, 0.2) is 0 Å². The fraction of sp³-hybridized carbons (Fsp3) is 0.938. The van der Waals surface area contributed by atoms with Crippen molar-refractivity contribution in [2.24, 2.45) is 0 Å². The van der Waals surface area contributed by atoms with Crippen LogP contribution in [0.25, 0.3) is 0 Å². The molecule has 21 heavy (non-hydrogen) atoms. The summed E-state index contributed by atoms with van der Waals surface area (Å²) in [5.74, 6) is 0. The van der Waals surface area contributed by atoms with Gasteiger partial charge in [-0.2, -0.15) is 0 Å². The number of nitrogens with one attached hydrogen (secondary N) is 1. The van der Waals surface area contributed by atoms with Gasteiger partial charge in [-0.15, -0.1) is 0 Å². The number of amides is 1. The molecule has 5 nitrogen and oxygen atoms in total. The van der Waals surface area contributed by atoms with E-state index in [9.17, 15) is 9.90 Å². The van der Waals surface area contributed by atoms with Crippen LogP contribution in [0, 0.1) is 0 Å². The van der Waals surface area contributed by atoms with E-state index in [2.05, 4.69) is 5.32 Å². The van der Waals surface area contributed by atoms with E-state index in [0.29, 0.717) is 24.2 Å². The van der Waals surface area contributed by atoms with Gasteiger partial charge < -0.3 is 20.1 Å². The molecule has 0 aromatic heterocycles. The minimum absolute atomic E-state index is 0.110. The molecule has 2 N–H and O–H groups in total. The summed E-state index contributed by atoms with van der Waals surface area (Å²) in [6.07, 6.45) is 5.71. The summed E-state index contributed by atoms with van der Waals surface area (Å²) in [4.78, 5) is 14.3. The van der Waals surface area contributed by atoms with Gasteiger partial charge in [0, 0.05) is 24.2 Å². The maximum atomic E-state index is 12.4. The van der Waals surface area contributed by atoms with Crippen LogP contribution >= 0.6 is 0 Å². The monoisotopic (exact) mass is 296 g/mol. The molecule has 5 heteroatoms. The Labute approximate surface area is 127 Å². The predicted octanol–water partition coefficient (Wildman–Crippen LogP) is 2.03. The Kier molecular flexibility index (Phi) is 3.91. The number of aliphatic hydroxyl groups is 1. The van der Waals surface area contributed by atoms with Crippen molar-refractivity contribution in [2.45, 2.75) is 95.2 Å². The van der Waals surface area contributed by atoms with Crippen LogP contribution in [-0.4, -0.2) is 52.0 Å².